The molecule has 0 aromatic carbocycles. The van der Waals surface area contributed by atoms with Crippen LogP contribution in [0.2, 0.25) is 0 Å². The van der Waals surface area contributed by atoms with Crippen molar-refractivity contribution < 1.29 is 0 Å². The van der Waals surface area contributed by atoms with Gasteiger partial charge in [-0.1, -0.05) is 6.07 Å². The van der Waals surface area contributed by atoms with E-state index in [1.54, 1.807) is 25.5 Å². The lowest BCUT2D eigenvalue weighted by atomic mass is 10.2. The minimum atomic E-state index is -0.446. The lowest BCUT2D eigenvalue weighted by molar-refractivity contribution is 0.694. The maximum absolute atomic E-state index is 12.7. The number of tetrazole rings is 1. The molecule has 0 atom stereocenters. The van der Waals surface area contributed by atoms with Crippen LogP contribution in [0.15, 0.2) is 40.2 Å². The van der Waals surface area contributed by atoms with E-state index in [0.29, 0.717) is 28.9 Å². The van der Waals surface area contributed by atoms with Gasteiger partial charge in [0.05, 0.1) is 5.69 Å². The minimum Gasteiger partial charge on any atom is -0.380 e. The number of rotatable bonds is 3. The van der Waals surface area contributed by atoms with E-state index in [2.05, 4.69) is 25.8 Å². The molecule has 0 radical (unpaired) electrons. The fourth-order valence-electron chi connectivity index (χ4n) is 2.79. The predicted molar refractivity (Wildman–Crippen MR) is 90.3 cm³/mol. The Morgan fingerprint density at radius 2 is 2.04 bits per heavy atom. The van der Waals surface area contributed by atoms with Crippen molar-refractivity contribution in [3.05, 3.63) is 57.0 Å². The molecule has 126 valence electrons. The third-order valence-electron chi connectivity index (χ3n) is 4.08. The van der Waals surface area contributed by atoms with Gasteiger partial charge < -0.3 is 5.32 Å². The Morgan fingerprint density at radius 3 is 2.80 bits per heavy atom. The maximum Gasteiger partial charge on any atom is 0.332 e. The number of hydrogen-bond donors (Lipinski definition) is 1. The number of pyridine rings is 2. The first-order chi connectivity index (χ1) is 12.1. The molecule has 0 unspecified atom stereocenters. The smallest absolute Gasteiger partial charge is 0.332 e. The van der Waals surface area contributed by atoms with E-state index >= 15 is 0 Å². The molecule has 0 aliphatic carbocycles. The summed E-state index contributed by atoms with van der Waals surface area (Å²) in [7, 11) is 3.02. The second kappa shape index (κ2) is 5.51. The van der Waals surface area contributed by atoms with Crippen LogP contribution in [-0.2, 0) is 20.6 Å². The van der Waals surface area contributed by atoms with Crippen LogP contribution < -0.4 is 16.6 Å². The van der Waals surface area contributed by atoms with Gasteiger partial charge in [-0.25, -0.2) is 4.79 Å². The van der Waals surface area contributed by atoms with Crippen LogP contribution in [0.25, 0.3) is 16.7 Å². The van der Waals surface area contributed by atoms with Gasteiger partial charge in [-0.2, -0.15) is 4.52 Å². The lowest BCUT2D eigenvalue weighted by Gasteiger charge is -2.13. The van der Waals surface area contributed by atoms with Gasteiger partial charge in [0.1, 0.15) is 5.39 Å². The molecule has 1 N–H and O–H groups in total. The molecule has 10 nitrogen and oxygen atoms in total. The van der Waals surface area contributed by atoms with Crippen molar-refractivity contribution in [2.75, 3.05) is 5.32 Å². The van der Waals surface area contributed by atoms with Crippen LogP contribution in [0.1, 0.15) is 5.56 Å². The van der Waals surface area contributed by atoms with Crippen LogP contribution in [0.4, 0.5) is 5.69 Å². The SMILES string of the molecule is Cn1c(=O)c2c(NCc3cccnc3)cc3nnnn3c2n(C)c1=O. The van der Waals surface area contributed by atoms with E-state index in [1.165, 1.54) is 16.1 Å². The summed E-state index contributed by atoms with van der Waals surface area (Å²) in [6, 6.07) is 5.45. The van der Waals surface area contributed by atoms with E-state index in [-0.39, 0.29) is 0 Å². The van der Waals surface area contributed by atoms with E-state index in [1.807, 2.05) is 12.1 Å². The number of aryl methyl sites for hydroxylation is 1. The molecule has 0 saturated heterocycles. The monoisotopic (exact) mass is 338 g/mol. The summed E-state index contributed by atoms with van der Waals surface area (Å²) in [6.07, 6.45) is 3.43. The van der Waals surface area contributed by atoms with Crippen LogP contribution in [0.3, 0.4) is 0 Å². The zero-order valence-corrected chi connectivity index (χ0v) is 13.5. The van der Waals surface area contributed by atoms with Gasteiger partial charge in [0.15, 0.2) is 11.3 Å². The highest BCUT2D eigenvalue weighted by atomic mass is 16.2. The topological polar surface area (TPSA) is 112 Å². The van der Waals surface area contributed by atoms with Gasteiger partial charge in [-0.05, 0) is 22.1 Å². The fourth-order valence-corrected chi connectivity index (χ4v) is 2.79. The van der Waals surface area contributed by atoms with Crippen molar-refractivity contribution in [2.24, 2.45) is 14.1 Å². The lowest BCUT2D eigenvalue weighted by Crippen LogP contribution is -2.38. The van der Waals surface area contributed by atoms with Gasteiger partial charge in [-0.3, -0.25) is 18.9 Å². The second-order valence-corrected chi connectivity index (χ2v) is 5.63. The fraction of sp³-hybridized carbons (Fsp3) is 0.200. The maximum atomic E-state index is 12.7. The zero-order chi connectivity index (χ0) is 17.6. The average Bonchev–Trinajstić information content (AvgIpc) is 3.10. The molecular weight excluding hydrogens is 324 g/mol. The molecule has 0 spiro atoms. The summed E-state index contributed by atoms with van der Waals surface area (Å²) in [5.41, 5.74) is 1.42. The Labute approximate surface area is 140 Å². The highest BCUT2D eigenvalue weighted by Gasteiger charge is 2.17. The Kier molecular flexibility index (Phi) is 3.31. The van der Waals surface area contributed by atoms with E-state index < -0.39 is 11.2 Å². The molecule has 0 aliphatic heterocycles. The standard InChI is InChI=1S/C15H14N8O2/c1-21-13-12(14(24)22(2)15(21)25)10(6-11-18-19-20-23(11)13)17-8-9-4-3-5-16-7-9/h3-7,17H,8H2,1-2H3. The largest absolute Gasteiger partial charge is 0.380 e. The van der Waals surface area contributed by atoms with E-state index in [9.17, 15) is 9.59 Å². The molecule has 0 saturated carbocycles. The Morgan fingerprint density at radius 1 is 1.20 bits per heavy atom. The highest BCUT2D eigenvalue weighted by Crippen LogP contribution is 2.21. The number of nitrogens with zero attached hydrogens (tertiary/aromatic N) is 7. The highest BCUT2D eigenvalue weighted by molar-refractivity contribution is 5.91. The molecule has 0 fully saturated rings. The summed E-state index contributed by atoms with van der Waals surface area (Å²) < 4.78 is 3.80. The average molecular weight is 338 g/mol. The van der Waals surface area contributed by atoms with Gasteiger partial charge in [0.25, 0.3) is 5.56 Å². The Bertz CT molecular complexity index is 1210. The first-order valence-corrected chi connectivity index (χ1v) is 7.51. The van der Waals surface area contributed by atoms with E-state index in [4.69, 9.17) is 0 Å². The van der Waals surface area contributed by atoms with Crippen LogP contribution in [0, 0.1) is 0 Å². The molecular formula is C15H14N8O2. The van der Waals surface area contributed by atoms with Gasteiger partial charge >= 0.3 is 5.69 Å². The summed E-state index contributed by atoms with van der Waals surface area (Å²) in [5, 5.41) is 15.0. The van der Waals surface area contributed by atoms with Crippen molar-refractivity contribution in [1.82, 2.24) is 34.2 Å². The van der Waals surface area contributed by atoms with Crippen LogP contribution >= 0.6 is 0 Å². The van der Waals surface area contributed by atoms with Gasteiger partial charge in [-0.15, -0.1) is 5.10 Å². The molecule has 0 amide bonds. The third-order valence-corrected chi connectivity index (χ3v) is 4.08. The second-order valence-electron chi connectivity index (χ2n) is 5.63. The van der Waals surface area contributed by atoms with Crippen molar-refractivity contribution >= 4 is 22.4 Å². The van der Waals surface area contributed by atoms with Crippen LogP contribution in [0.5, 0.6) is 0 Å². The third kappa shape index (κ3) is 2.26. The summed E-state index contributed by atoms with van der Waals surface area (Å²) >= 11 is 0. The molecule has 25 heavy (non-hydrogen) atoms. The number of anilines is 1. The summed E-state index contributed by atoms with van der Waals surface area (Å²) in [6.45, 7) is 0.465. The Hall–Kier alpha value is -3.56. The van der Waals surface area contributed by atoms with Crippen molar-refractivity contribution in [2.45, 2.75) is 6.54 Å². The minimum absolute atomic E-state index is 0.337. The molecule has 10 heteroatoms. The van der Waals surface area contributed by atoms with Crippen molar-refractivity contribution in [3.8, 4) is 0 Å². The molecule has 0 aliphatic rings. The number of aromatic nitrogens is 7. The Balaban J connectivity index is 1.99. The van der Waals surface area contributed by atoms with Gasteiger partial charge in [0, 0.05) is 39.1 Å². The molecule has 4 rings (SSSR count). The molecule has 4 heterocycles. The van der Waals surface area contributed by atoms with Crippen molar-refractivity contribution in [1.29, 1.82) is 0 Å². The quantitative estimate of drug-likeness (QED) is 0.545. The number of fused-ring (bicyclic) bond motifs is 3. The first-order valence-electron chi connectivity index (χ1n) is 7.51. The van der Waals surface area contributed by atoms with Gasteiger partial charge in [0.2, 0.25) is 0 Å². The van der Waals surface area contributed by atoms with Crippen LogP contribution in [-0.4, -0.2) is 34.2 Å². The number of hydrogen-bond acceptors (Lipinski definition) is 7. The normalized spacial score (nSPS) is 11.3. The zero-order valence-electron chi connectivity index (χ0n) is 13.5. The summed E-state index contributed by atoms with van der Waals surface area (Å²) in [5.74, 6) is 0. The number of nitrogens with one attached hydrogen (secondary N) is 1. The van der Waals surface area contributed by atoms with Crippen molar-refractivity contribution in [3.63, 3.8) is 0 Å². The molecule has 4 aromatic heterocycles. The molecule has 4 aromatic rings. The predicted octanol–water partition coefficient (Wildman–Crippen LogP) is -0.318. The summed E-state index contributed by atoms with van der Waals surface area (Å²) in [4.78, 5) is 29.1. The first kappa shape index (κ1) is 15.0. The van der Waals surface area contributed by atoms with E-state index in [0.717, 1.165) is 10.1 Å². The molecule has 0 bridgehead atoms.